The lowest BCUT2D eigenvalue weighted by Gasteiger charge is -2.19. The number of ether oxygens (including phenoxy) is 1. The predicted octanol–water partition coefficient (Wildman–Crippen LogP) is 5.70. The average Bonchev–Trinajstić information content (AvgIpc) is 2.94. The average molecular weight is 537 g/mol. The number of hydrogen-bond acceptors (Lipinski definition) is 8. The maximum absolute atomic E-state index is 12.3. The van der Waals surface area contributed by atoms with E-state index in [1.54, 1.807) is 31.3 Å². The van der Waals surface area contributed by atoms with Crippen LogP contribution in [0.25, 0.3) is 0 Å². The standard InChI is InChI=1S/C28H29ClN4O5/c1-5-36-32-28(21-10-14-24(15-11-21)38-25-16-12-23(29)13-17-25)20(2)31-37-19-22-8-6-7-9-26(22)33(3)27(34)18-30-35-4/h6-18,31H,2,5,19H2,1,3-4H3. The molecule has 0 saturated heterocycles. The minimum Gasteiger partial charge on any atom is -0.457 e. The molecule has 198 valence electrons. The maximum Gasteiger partial charge on any atom is 0.272 e. The monoisotopic (exact) mass is 536 g/mol. The van der Waals surface area contributed by atoms with Gasteiger partial charge in [0.25, 0.3) is 5.91 Å². The molecule has 0 aliphatic carbocycles. The van der Waals surface area contributed by atoms with Crippen LogP contribution >= 0.6 is 11.6 Å². The second-order valence-corrected chi connectivity index (χ2v) is 8.19. The van der Waals surface area contributed by atoms with E-state index in [4.69, 9.17) is 26.0 Å². The van der Waals surface area contributed by atoms with Crippen LogP contribution in [0, 0.1) is 0 Å². The summed E-state index contributed by atoms with van der Waals surface area (Å²) in [4.78, 5) is 29.4. The van der Waals surface area contributed by atoms with Gasteiger partial charge in [-0.2, -0.15) is 0 Å². The number of oxime groups is 2. The number of hydroxylamine groups is 1. The number of allylic oxidation sites excluding steroid dienone is 1. The summed E-state index contributed by atoms with van der Waals surface area (Å²) in [6, 6.07) is 21.8. The molecule has 0 spiro atoms. The van der Waals surface area contributed by atoms with E-state index in [0.717, 1.165) is 17.3 Å². The van der Waals surface area contributed by atoms with Crippen molar-refractivity contribution in [1.82, 2.24) is 5.48 Å². The zero-order valence-electron chi connectivity index (χ0n) is 21.4. The van der Waals surface area contributed by atoms with Crippen molar-refractivity contribution in [2.24, 2.45) is 10.3 Å². The van der Waals surface area contributed by atoms with Gasteiger partial charge in [-0.25, -0.2) is 0 Å². The first-order valence-corrected chi connectivity index (χ1v) is 12.0. The van der Waals surface area contributed by atoms with Crippen LogP contribution in [-0.4, -0.2) is 38.6 Å². The fourth-order valence-corrected chi connectivity index (χ4v) is 3.37. The number of benzene rings is 3. The van der Waals surface area contributed by atoms with Gasteiger partial charge in [0.15, 0.2) is 0 Å². The second-order valence-electron chi connectivity index (χ2n) is 7.75. The molecule has 0 aromatic heterocycles. The number of para-hydroxylation sites is 1. The fourth-order valence-electron chi connectivity index (χ4n) is 3.24. The van der Waals surface area contributed by atoms with Crippen molar-refractivity contribution in [3.63, 3.8) is 0 Å². The largest absolute Gasteiger partial charge is 0.457 e. The first-order valence-electron chi connectivity index (χ1n) is 11.7. The van der Waals surface area contributed by atoms with Gasteiger partial charge < -0.3 is 19.3 Å². The Bertz CT molecular complexity index is 1280. The Labute approximate surface area is 226 Å². The Balaban J connectivity index is 1.66. The molecule has 0 heterocycles. The first-order chi connectivity index (χ1) is 18.4. The molecule has 9 nitrogen and oxygen atoms in total. The second kappa shape index (κ2) is 14.4. The number of halogens is 1. The molecule has 3 aromatic rings. The van der Waals surface area contributed by atoms with Crippen molar-refractivity contribution in [3.8, 4) is 11.5 Å². The number of carbonyl (C=O) groups is 1. The van der Waals surface area contributed by atoms with Crippen molar-refractivity contribution in [1.29, 1.82) is 0 Å². The minimum atomic E-state index is -0.341. The molecule has 0 aliphatic heterocycles. The first kappa shape index (κ1) is 28.2. The molecule has 10 heteroatoms. The smallest absolute Gasteiger partial charge is 0.272 e. The molecule has 1 amide bonds. The van der Waals surface area contributed by atoms with Gasteiger partial charge in [-0.05, 0) is 61.5 Å². The lowest BCUT2D eigenvalue weighted by atomic mass is 10.1. The Morgan fingerprint density at radius 3 is 2.37 bits per heavy atom. The summed E-state index contributed by atoms with van der Waals surface area (Å²) in [6.07, 6.45) is 1.10. The summed E-state index contributed by atoms with van der Waals surface area (Å²) in [6.45, 7) is 6.41. The van der Waals surface area contributed by atoms with Gasteiger partial charge in [-0.15, -0.1) is 0 Å². The topological polar surface area (TPSA) is 94.0 Å². The molecule has 0 bridgehead atoms. The Morgan fingerprint density at radius 1 is 1.05 bits per heavy atom. The molecule has 0 radical (unpaired) electrons. The number of anilines is 1. The van der Waals surface area contributed by atoms with E-state index >= 15 is 0 Å². The summed E-state index contributed by atoms with van der Waals surface area (Å²) in [7, 11) is 3.01. The minimum absolute atomic E-state index is 0.143. The highest BCUT2D eigenvalue weighted by Crippen LogP contribution is 2.24. The Kier molecular flexibility index (Phi) is 10.7. The molecular weight excluding hydrogens is 508 g/mol. The molecule has 0 unspecified atom stereocenters. The highest BCUT2D eigenvalue weighted by molar-refractivity contribution is 6.32. The van der Waals surface area contributed by atoms with Crippen molar-refractivity contribution < 1.29 is 24.0 Å². The Hall–Kier alpha value is -4.34. The van der Waals surface area contributed by atoms with Crippen molar-refractivity contribution in [3.05, 3.63) is 101 Å². The summed E-state index contributed by atoms with van der Waals surface area (Å²) in [5.74, 6) is 0.974. The molecule has 0 fully saturated rings. The Morgan fingerprint density at radius 2 is 1.71 bits per heavy atom. The van der Waals surface area contributed by atoms with E-state index in [0.29, 0.717) is 40.2 Å². The third kappa shape index (κ3) is 8.09. The molecule has 3 rings (SSSR count). The number of nitrogens with zero attached hydrogens (tertiary/aromatic N) is 3. The van der Waals surface area contributed by atoms with Gasteiger partial charge in [0.1, 0.15) is 43.7 Å². The molecular formula is C28H29ClN4O5. The normalized spacial score (nSPS) is 11.2. The molecule has 0 atom stereocenters. The van der Waals surface area contributed by atoms with Gasteiger partial charge >= 0.3 is 0 Å². The van der Waals surface area contributed by atoms with E-state index < -0.39 is 0 Å². The van der Waals surface area contributed by atoms with Crippen LogP contribution in [0.1, 0.15) is 18.1 Å². The van der Waals surface area contributed by atoms with Gasteiger partial charge in [-0.1, -0.05) is 46.7 Å². The van der Waals surface area contributed by atoms with Crippen LogP contribution in [0.5, 0.6) is 11.5 Å². The van der Waals surface area contributed by atoms with E-state index in [2.05, 4.69) is 27.2 Å². The lowest BCUT2D eigenvalue weighted by molar-refractivity contribution is -0.112. The molecule has 0 saturated carbocycles. The molecule has 0 aliphatic rings. The molecule has 1 N–H and O–H groups in total. The van der Waals surface area contributed by atoms with Crippen molar-refractivity contribution >= 4 is 35.1 Å². The predicted molar refractivity (Wildman–Crippen MR) is 149 cm³/mol. The van der Waals surface area contributed by atoms with Gasteiger partial charge in [0.05, 0.1) is 5.70 Å². The van der Waals surface area contributed by atoms with E-state index in [9.17, 15) is 4.79 Å². The highest BCUT2D eigenvalue weighted by Gasteiger charge is 2.14. The zero-order chi connectivity index (χ0) is 27.3. The summed E-state index contributed by atoms with van der Waals surface area (Å²) >= 11 is 5.93. The highest BCUT2D eigenvalue weighted by atomic mass is 35.5. The maximum atomic E-state index is 12.3. The van der Waals surface area contributed by atoms with Crippen LogP contribution in [0.3, 0.4) is 0 Å². The van der Waals surface area contributed by atoms with Crippen molar-refractivity contribution in [2.45, 2.75) is 13.5 Å². The summed E-state index contributed by atoms with van der Waals surface area (Å²) in [5.41, 5.74) is 5.84. The van der Waals surface area contributed by atoms with Gasteiger partial charge in [0, 0.05) is 28.9 Å². The SMILES string of the molecule is C=C(NOCc1ccccc1N(C)C(=O)C=NOC)C(=NOCC)c1ccc(Oc2ccc(Cl)cc2)cc1. The van der Waals surface area contributed by atoms with Crippen LogP contribution in [0.2, 0.25) is 5.02 Å². The number of rotatable bonds is 13. The van der Waals surface area contributed by atoms with Crippen LogP contribution in [0.4, 0.5) is 5.69 Å². The van der Waals surface area contributed by atoms with Gasteiger partial charge in [-0.3, -0.25) is 15.1 Å². The van der Waals surface area contributed by atoms with Crippen LogP contribution in [0.15, 0.2) is 95.4 Å². The van der Waals surface area contributed by atoms with Gasteiger partial charge in [0.2, 0.25) is 0 Å². The molecule has 38 heavy (non-hydrogen) atoms. The van der Waals surface area contributed by atoms with Crippen LogP contribution in [-0.2, 0) is 25.9 Å². The molecule has 3 aromatic carbocycles. The number of nitrogens with one attached hydrogen (secondary N) is 1. The lowest BCUT2D eigenvalue weighted by Crippen LogP contribution is -2.28. The van der Waals surface area contributed by atoms with E-state index in [1.165, 1.54) is 12.0 Å². The quantitative estimate of drug-likeness (QED) is 0.222. The summed E-state index contributed by atoms with van der Waals surface area (Å²) < 4.78 is 5.86. The zero-order valence-corrected chi connectivity index (χ0v) is 22.1. The number of hydrogen-bond donors (Lipinski definition) is 1. The van der Waals surface area contributed by atoms with E-state index in [1.807, 2.05) is 55.5 Å². The van der Waals surface area contributed by atoms with Crippen molar-refractivity contribution in [2.75, 3.05) is 25.7 Å². The van der Waals surface area contributed by atoms with Crippen LogP contribution < -0.4 is 15.1 Å². The van der Waals surface area contributed by atoms with E-state index in [-0.39, 0.29) is 12.5 Å². The summed E-state index contributed by atoms with van der Waals surface area (Å²) in [5, 5.41) is 8.36. The fraction of sp³-hybridized carbons (Fsp3) is 0.179. The third-order valence-corrected chi connectivity index (χ3v) is 5.37. The number of carbonyl (C=O) groups excluding carboxylic acids is 1. The third-order valence-electron chi connectivity index (χ3n) is 5.12. The number of amides is 1.